The minimum absolute atomic E-state index is 0.261. The Labute approximate surface area is 141 Å². The number of nitrogens with two attached hydrogens (primary N) is 1. The lowest BCUT2D eigenvalue weighted by atomic mass is 10.1. The summed E-state index contributed by atoms with van der Waals surface area (Å²) in [5.41, 5.74) is 5.34. The van der Waals surface area contributed by atoms with Crippen LogP contribution in [-0.2, 0) is 20.7 Å². The van der Waals surface area contributed by atoms with Gasteiger partial charge in [-0.2, -0.15) is 0 Å². The number of carbonyl (C=O) groups is 3. The minimum Gasteiger partial charge on any atom is -0.444 e. The first-order valence-electron chi connectivity index (χ1n) is 7.71. The molecule has 2 atom stereocenters. The highest BCUT2D eigenvalue weighted by Gasteiger charge is 2.26. The first-order valence-corrected chi connectivity index (χ1v) is 7.71. The Morgan fingerprint density at radius 3 is 2.21 bits per heavy atom. The van der Waals surface area contributed by atoms with E-state index in [1.165, 1.54) is 6.92 Å². The molecule has 0 aromatic heterocycles. The van der Waals surface area contributed by atoms with Crippen LogP contribution in [-0.4, -0.2) is 35.6 Å². The molecule has 0 spiro atoms. The SMILES string of the molecule is C[C@@H](NC(=O)[C@H](Cc1ccccc1)NC(=O)OC(C)(C)C)C(N)=O. The molecule has 4 N–H and O–H groups in total. The summed E-state index contributed by atoms with van der Waals surface area (Å²) in [5.74, 6) is -1.16. The number of amides is 3. The third kappa shape index (κ3) is 7.13. The molecule has 0 bridgehead atoms. The van der Waals surface area contributed by atoms with Crippen LogP contribution in [0.2, 0.25) is 0 Å². The van der Waals surface area contributed by atoms with Crippen LogP contribution in [0.4, 0.5) is 4.79 Å². The van der Waals surface area contributed by atoms with Crippen molar-refractivity contribution in [2.24, 2.45) is 5.73 Å². The number of ether oxygens (including phenoxy) is 1. The molecule has 0 radical (unpaired) electrons. The third-order valence-corrected chi connectivity index (χ3v) is 3.08. The van der Waals surface area contributed by atoms with Crippen LogP contribution in [0.5, 0.6) is 0 Å². The molecule has 1 aromatic rings. The molecule has 1 aromatic carbocycles. The van der Waals surface area contributed by atoms with E-state index in [4.69, 9.17) is 10.5 Å². The highest BCUT2D eigenvalue weighted by molar-refractivity contribution is 5.90. The molecule has 0 fully saturated rings. The molecule has 132 valence electrons. The van der Waals surface area contributed by atoms with E-state index in [1.54, 1.807) is 20.8 Å². The van der Waals surface area contributed by atoms with Crippen LogP contribution in [0.1, 0.15) is 33.3 Å². The smallest absolute Gasteiger partial charge is 0.408 e. The molecule has 24 heavy (non-hydrogen) atoms. The summed E-state index contributed by atoms with van der Waals surface area (Å²) < 4.78 is 5.19. The zero-order chi connectivity index (χ0) is 18.3. The maximum Gasteiger partial charge on any atom is 0.408 e. The van der Waals surface area contributed by atoms with Crippen molar-refractivity contribution >= 4 is 17.9 Å². The second-order valence-electron chi connectivity index (χ2n) is 6.52. The van der Waals surface area contributed by atoms with E-state index in [-0.39, 0.29) is 6.42 Å². The van der Waals surface area contributed by atoms with Gasteiger partial charge in [-0.25, -0.2) is 4.79 Å². The van der Waals surface area contributed by atoms with Crippen molar-refractivity contribution in [3.8, 4) is 0 Å². The van der Waals surface area contributed by atoms with Crippen LogP contribution in [0.3, 0.4) is 0 Å². The van der Waals surface area contributed by atoms with Gasteiger partial charge in [0.05, 0.1) is 0 Å². The van der Waals surface area contributed by atoms with E-state index >= 15 is 0 Å². The van der Waals surface area contributed by atoms with Crippen LogP contribution >= 0.6 is 0 Å². The van der Waals surface area contributed by atoms with Crippen molar-refractivity contribution in [2.45, 2.75) is 51.8 Å². The Bertz CT molecular complexity index is 581. The molecule has 3 amide bonds. The molecule has 1 rings (SSSR count). The summed E-state index contributed by atoms with van der Waals surface area (Å²) in [5, 5.41) is 5.02. The van der Waals surface area contributed by atoms with Gasteiger partial charge in [-0.1, -0.05) is 30.3 Å². The number of nitrogens with one attached hydrogen (secondary N) is 2. The number of benzene rings is 1. The van der Waals surface area contributed by atoms with Gasteiger partial charge in [-0.3, -0.25) is 9.59 Å². The Hall–Kier alpha value is -2.57. The largest absolute Gasteiger partial charge is 0.444 e. The average Bonchev–Trinajstić information content (AvgIpc) is 2.45. The number of hydrogen-bond donors (Lipinski definition) is 3. The van der Waals surface area contributed by atoms with Gasteiger partial charge in [0.1, 0.15) is 17.7 Å². The van der Waals surface area contributed by atoms with Crippen LogP contribution in [0.25, 0.3) is 0 Å². The molecule has 0 heterocycles. The molecular weight excluding hydrogens is 310 g/mol. The van der Waals surface area contributed by atoms with E-state index in [1.807, 2.05) is 30.3 Å². The monoisotopic (exact) mass is 335 g/mol. The molecular formula is C17H25N3O4. The number of primary amides is 1. The van der Waals surface area contributed by atoms with Crippen molar-refractivity contribution in [3.05, 3.63) is 35.9 Å². The summed E-state index contributed by atoms with van der Waals surface area (Å²) in [6.07, 6.45) is -0.442. The lowest BCUT2D eigenvalue weighted by Gasteiger charge is -2.24. The van der Waals surface area contributed by atoms with Crippen molar-refractivity contribution in [3.63, 3.8) is 0 Å². The fourth-order valence-corrected chi connectivity index (χ4v) is 1.89. The number of alkyl carbamates (subject to hydrolysis) is 1. The number of rotatable bonds is 6. The molecule has 0 aliphatic rings. The summed E-state index contributed by atoms with van der Waals surface area (Å²) in [6.45, 7) is 6.67. The maximum absolute atomic E-state index is 12.4. The molecule has 7 nitrogen and oxygen atoms in total. The standard InChI is InChI=1S/C17H25N3O4/c1-11(14(18)21)19-15(22)13(10-12-8-6-5-7-9-12)20-16(23)24-17(2,3)4/h5-9,11,13H,10H2,1-4H3,(H2,18,21)(H,19,22)(H,20,23)/t11-,13+/m1/s1. The zero-order valence-corrected chi connectivity index (χ0v) is 14.5. The van der Waals surface area contributed by atoms with Gasteiger partial charge < -0.3 is 21.1 Å². The first-order chi connectivity index (χ1) is 11.1. The summed E-state index contributed by atoms with van der Waals surface area (Å²) in [4.78, 5) is 35.5. The van der Waals surface area contributed by atoms with E-state index in [0.29, 0.717) is 0 Å². The quantitative estimate of drug-likeness (QED) is 0.723. The fourth-order valence-electron chi connectivity index (χ4n) is 1.89. The number of carbonyl (C=O) groups excluding carboxylic acids is 3. The Morgan fingerprint density at radius 2 is 1.71 bits per heavy atom. The molecule has 0 saturated carbocycles. The van der Waals surface area contributed by atoms with Crippen molar-refractivity contribution < 1.29 is 19.1 Å². The van der Waals surface area contributed by atoms with Gasteiger partial charge in [0, 0.05) is 6.42 Å². The topological polar surface area (TPSA) is 111 Å². The molecule has 0 aliphatic heterocycles. The maximum atomic E-state index is 12.4. The van der Waals surface area contributed by atoms with Gasteiger partial charge >= 0.3 is 6.09 Å². The summed E-state index contributed by atoms with van der Waals surface area (Å²) >= 11 is 0. The number of hydrogen-bond acceptors (Lipinski definition) is 4. The lowest BCUT2D eigenvalue weighted by molar-refractivity contribution is -0.128. The highest BCUT2D eigenvalue weighted by Crippen LogP contribution is 2.09. The Balaban J connectivity index is 2.84. The molecule has 0 saturated heterocycles. The lowest BCUT2D eigenvalue weighted by Crippen LogP contribution is -2.53. The second-order valence-corrected chi connectivity index (χ2v) is 6.52. The first kappa shape index (κ1) is 19.5. The van der Waals surface area contributed by atoms with Gasteiger partial charge in [0.2, 0.25) is 11.8 Å². The van der Waals surface area contributed by atoms with Gasteiger partial charge in [-0.15, -0.1) is 0 Å². The highest BCUT2D eigenvalue weighted by atomic mass is 16.6. The predicted molar refractivity (Wildman–Crippen MR) is 90.1 cm³/mol. The predicted octanol–water partition coefficient (Wildman–Crippen LogP) is 1.11. The zero-order valence-electron chi connectivity index (χ0n) is 14.5. The van der Waals surface area contributed by atoms with E-state index in [2.05, 4.69) is 10.6 Å². The van der Waals surface area contributed by atoms with Gasteiger partial charge in [-0.05, 0) is 33.3 Å². The van der Waals surface area contributed by atoms with Gasteiger partial charge in [0.25, 0.3) is 0 Å². The fraction of sp³-hybridized carbons (Fsp3) is 0.471. The minimum atomic E-state index is -0.885. The Morgan fingerprint density at radius 1 is 1.12 bits per heavy atom. The summed E-state index contributed by atoms with van der Waals surface area (Å²) in [6, 6.07) is 7.49. The second kappa shape index (κ2) is 8.33. The Kier molecular flexibility index (Phi) is 6.76. The van der Waals surface area contributed by atoms with Crippen LogP contribution in [0, 0.1) is 0 Å². The molecule has 0 aliphatic carbocycles. The average molecular weight is 335 g/mol. The summed E-state index contributed by atoms with van der Waals surface area (Å²) in [7, 11) is 0. The van der Waals surface area contributed by atoms with E-state index < -0.39 is 35.6 Å². The van der Waals surface area contributed by atoms with E-state index in [9.17, 15) is 14.4 Å². The molecule has 7 heteroatoms. The van der Waals surface area contributed by atoms with E-state index in [0.717, 1.165) is 5.56 Å². The van der Waals surface area contributed by atoms with Gasteiger partial charge in [0.15, 0.2) is 0 Å². The van der Waals surface area contributed by atoms with Crippen molar-refractivity contribution in [2.75, 3.05) is 0 Å². The normalized spacial score (nSPS) is 13.5. The molecule has 0 unspecified atom stereocenters. The van der Waals surface area contributed by atoms with Crippen LogP contribution in [0.15, 0.2) is 30.3 Å². The third-order valence-electron chi connectivity index (χ3n) is 3.08. The van der Waals surface area contributed by atoms with Crippen LogP contribution < -0.4 is 16.4 Å². The van der Waals surface area contributed by atoms with Crippen molar-refractivity contribution in [1.29, 1.82) is 0 Å². The van der Waals surface area contributed by atoms with Crippen molar-refractivity contribution in [1.82, 2.24) is 10.6 Å².